The highest BCUT2D eigenvalue weighted by molar-refractivity contribution is 6.05. The maximum atomic E-state index is 12.9. The Bertz CT molecular complexity index is 766. The molecule has 2 aromatic rings. The number of fused-ring (bicyclic) bond motifs is 2. The van der Waals surface area contributed by atoms with Crippen LogP contribution in [0.4, 0.5) is 5.69 Å². The van der Waals surface area contributed by atoms with Gasteiger partial charge in [-0.1, -0.05) is 42.5 Å². The van der Waals surface area contributed by atoms with Crippen molar-refractivity contribution in [2.45, 2.75) is 19.3 Å². The van der Waals surface area contributed by atoms with Gasteiger partial charge in [0.25, 0.3) is 0 Å². The first-order chi connectivity index (χ1) is 10.7. The van der Waals surface area contributed by atoms with E-state index in [4.69, 9.17) is 0 Å². The number of ketones is 1. The summed E-state index contributed by atoms with van der Waals surface area (Å²) in [5.41, 5.74) is 4.02. The molecule has 0 fully saturated rings. The Hall–Kier alpha value is -2.42. The minimum atomic E-state index is -0.228. The third kappa shape index (κ3) is 2.05. The Kier molecular flexibility index (Phi) is 3.07. The van der Waals surface area contributed by atoms with Gasteiger partial charge in [-0.25, -0.2) is 0 Å². The highest BCUT2D eigenvalue weighted by atomic mass is 16.2. The highest BCUT2D eigenvalue weighted by Crippen LogP contribution is 2.32. The van der Waals surface area contributed by atoms with Gasteiger partial charge in [0.1, 0.15) is 0 Å². The van der Waals surface area contributed by atoms with Crippen molar-refractivity contribution in [2.75, 3.05) is 11.4 Å². The van der Waals surface area contributed by atoms with Crippen LogP contribution in [0.3, 0.4) is 0 Å². The predicted octanol–water partition coefficient (Wildman–Crippen LogP) is 3.02. The zero-order chi connectivity index (χ0) is 15.1. The van der Waals surface area contributed by atoms with E-state index in [1.807, 2.05) is 47.4 Å². The van der Waals surface area contributed by atoms with E-state index in [0.29, 0.717) is 12.8 Å². The van der Waals surface area contributed by atoms with Crippen molar-refractivity contribution in [3.05, 3.63) is 65.2 Å². The molecule has 1 atom stereocenters. The fourth-order valence-corrected chi connectivity index (χ4v) is 3.60. The van der Waals surface area contributed by atoms with Crippen molar-refractivity contribution in [1.82, 2.24) is 0 Å². The molecule has 1 aliphatic heterocycles. The van der Waals surface area contributed by atoms with Crippen molar-refractivity contribution < 1.29 is 9.59 Å². The monoisotopic (exact) mass is 291 g/mol. The van der Waals surface area contributed by atoms with Gasteiger partial charge in [-0.3, -0.25) is 9.59 Å². The summed E-state index contributed by atoms with van der Waals surface area (Å²) >= 11 is 0. The minimum Gasteiger partial charge on any atom is -0.312 e. The van der Waals surface area contributed by atoms with Crippen molar-refractivity contribution >= 4 is 17.4 Å². The fourth-order valence-electron chi connectivity index (χ4n) is 3.60. The van der Waals surface area contributed by atoms with Crippen LogP contribution in [0.2, 0.25) is 0 Å². The average molecular weight is 291 g/mol. The van der Waals surface area contributed by atoms with Crippen LogP contribution in [0.1, 0.15) is 27.9 Å². The van der Waals surface area contributed by atoms with Gasteiger partial charge in [-0.2, -0.15) is 0 Å². The third-order valence-corrected chi connectivity index (χ3v) is 4.72. The van der Waals surface area contributed by atoms with E-state index in [9.17, 15) is 9.59 Å². The summed E-state index contributed by atoms with van der Waals surface area (Å²) in [7, 11) is 0. The predicted molar refractivity (Wildman–Crippen MR) is 85.1 cm³/mol. The fraction of sp³-hybridized carbons (Fsp3) is 0.263. The molecule has 0 saturated heterocycles. The van der Waals surface area contributed by atoms with Crippen LogP contribution >= 0.6 is 0 Å². The Balaban J connectivity index is 1.62. The molecular weight excluding hydrogens is 274 g/mol. The molecule has 2 aliphatic rings. The van der Waals surface area contributed by atoms with Crippen molar-refractivity contribution in [2.24, 2.45) is 5.92 Å². The summed E-state index contributed by atoms with van der Waals surface area (Å²) < 4.78 is 0. The zero-order valence-electron chi connectivity index (χ0n) is 12.3. The van der Waals surface area contributed by atoms with Gasteiger partial charge in [-0.05, 0) is 30.0 Å². The number of carbonyl (C=O) groups is 2. The zero-order valence-corrected chi connectivity index (χ0v) is 12.3. The number of anilines is 1. The largest absolute Gasteiger partial charge is 0.312 e. The molecule has 110 valence electrons. The number of Topliss-reactive ketones (excluding diaryl/α,β-unsaturated/α-hetero) is 1. The molecule has 22 heavy (non-hydrogen) atoms. The number of hydrogen-bond donors (Lipinski definition) is 0. The minimum absolute atomic E-state index is 0.0904. The third-order valence-electron chi connectivity index (χ3n) is 4.72. The first kappa shape index (κ1) is 13.3. The van der Waals surface area contributed by atoms with Crippen LogP contribution in [0, 0.1) is 5.92 Å². The number of hydrogen-bond acceptors (Lipinski definition) is 2. The quantitative estimate of drug-likeness (QED) is 0.810. The summed E-state index contributed by atoms with van der Waals surface area (Å²) in [6.45, 7) is 0.727. The van der Waals surface area contributed by atoms with Gasteiger partial charge in [-0.15, -0.1) is 0 Å². The molecule has 4 rings (SSSR count). The molecule has 1 amide bonds. The standard InChI is InChI=1S/C19H17NO2/c21-18-12-15(11-14-6-1-3-7-16(14)18)19(22)20-10-9-13-5-2-4-8-17(13)20/h1-8,15H,9-12H2. The summed E-state index contributed by atoms with van der Waals surface area (Å²) in [5, 5.41) is 0. The molecule has 0 spiro atoms. The first-order valence-corrected chi connectivity index (χ1v) is 7.74. The van der Waals surface area contributed by atoms with Gasteiger partial charge < -0.3 is 4.90 Å². The SMILES string of the molecule is O=C1CC(C(=O)N2CCc3ccccc32)Cc2ccccc21. The lowest BCUT2D eigenvalue weighted by Crippen LogP contribution is -2.38. The van der Waals surface area contributed by atoms with Gasteiger partial charge in [0.2, 0.25) is 5.91 Å². The Labute approximate surface area is 129 Å². The number of amides is 1. The highest BCUT2D eigenvalue weighted by Gasteiger charge is 2.34. The molecule has 1 aliphatic carbocycles. The number of para-hydroxylation sites is 1. The molecule has 0 aromatic heterocycles. The van der Waals surface area contributed by atoms with E-state index in [0.717, 1.165) is 29.8 Å². The van der Waals surface area contributed by atoms with Crippen molar-refractivity contribution in [3.63, 3.8) is 0 Å². The lowest BCUT2D eigenvalue weighted by molar-refractivity contribution is -0.122. The number of nitrogens with zero attached hydrogens (tertiary/aromatic N) is 1. The van der Waals surface area contributed by atoms with E-state index in [2.05, 4.69) is 6.07 Å². The summed E-state index contributed by atoms with van der Waals surface area (Å²) in [4.78, 5) is 27.0. The van der Waals surface area contributed by atoms with Crippen LogP contribution in [-0.2, 0) is 17.6 Å². The molecule has 0 bridgehead atoms. The second kappa shape index (κ2) is 5.09. The maximum Gasteiger partial charge on any atom is 0.230 e. The van der Waals surface area contributed by atoms with Crippen molar-refractivity contribution in [3.8, 4) is 0 Å². The van der Waals surface area contributed by atoms with Crippen LogP contribution in [0.15, 0.2) is 48.5 Å². The number of carbonyl (C=O) groups excluding carboxylic acids is 2. The van der Waals surface area contributed by atoms with Gasteiger partial charge in [0.05, 0.1) is 0 Å². The molecule has 2 aromatic carbocycles. The summed E-state index contributed by atoms with van der Waals surface area (Å²) in [6.07, 6.45) is 1.90. The smallest absolute Gasteiger partial charge is 0.230 e. The molecule has 1 unspecified atom stereocenters. The average Bonchev–Trinajstić information content (AvgIpc) is 2.98. The van der Waals surface area contributed by atoms with Crippen LogP contribution < -0.4 is 4.90 Å². The molecular formula is C19H17NO2. The molecule has 1 heterocycles. The lowest BCUT2D eigenvalue weighted by atomic mass is 9.82. The molecule has 3 heteroatoms. The normalized spacial score (nSPS) is 19.7. The number of benzene rings is 2. The van der Waals surface area contributed by atoms with Crippen molar-refractivity contribution in [1.29, 1.82) is 0 Å². The van der Waals surface area contributed by atoms with Crippen LogP contribution in [-0.4, -0.2) is 18.2 Å². The Morgan fingerprint density at radius 3 is 2.55 bits per heavy atom. The van der Waals surface area contributed by atoms with E-state index >= 15 is 0 Å². The number of rotatable bonds is 1. The molecule has 3 nitrogen and oxygen atoms in total. The second-order valence-corrected chi connectivity index (χ2v) is 6.05. The lowest BCUT2D eigenvalue weighted by Gasteiger charge is -2.27. The second-order valence-electron chi connectivity index (χ2n) is 6.05. The summed E-state index contributed by atoms with van der Waals surface area (Å²) in [5.74, 6) is -0.0472. The van der Waals surface area contributed by atoms with E-state index in [1.54, 1.807) is 0 Å². The molecule has 0 radical (unpaired) electrons. The van der Waals surface area contributed by atoms with E-state index in [1.165, 1.54) is 5.56 Å². The van der Waals surface area contributed by atoms with Crippen LogP contribution in [0.5, 0.6) is 0 Å². The van der Waals surface area contributed by atoms with E-state index in [-0.39, 0.29) is 17.6 Å². The molecule has 0 N–H and O–H groups in total. The Morgan fingerprint density at radius 1 is 0.955 bits per heavy atom. The Morgan fingerprint density at radius 2 is 1.68 bits per heavy atom. The van der Waals surface area contributed by atoms with Crippen LogP contribution in [0.25, 0.3) is 0 Å². The van der Waals surface area contributed by atoms with Gasteiger partial charge in [0, 0.05) is 30.1 Å². The topological polar surface area (TPSA) is 37.4 Å². The maximum absolute atomic E-state index is 12.9. The van der Waals surface area contributed by atoms with Gasteiger partial charge >= 0.3 is 0 Å². The first-order valence-electron chi connectivity index (χ1n) is 7.74. The molecule has 0 saturated carbocycles. The van der Waals surface area contributed by atoms with E-state index < -0.39 is 0 Å². The summed E-state index contributed by atoms with van der Waals surface area (Å²) in [6, 6.07) is 15.7. The van der Waals surface area contributed by atoms with Gasteiger partial charge in [0.15, 0.2) is 5.78 Å².